The Kier molecular flexibility index (Phi) is 5.59. The van der Waals surface area contributed by atoms with Crippen LogP contribution >= 0.6 is 11.8 Å². The van der Waals surface area contributed by atoms with Gasteiger partial charge in [-0.2, -0.15) is 18.2 Å². The zero-order valence-corrected chi connectivity index (χ0v) is 17.5. The maximum atomic E-state index is 13.6. The number of fused-ring (bicyclic) bond motifs is 1. The van der Waals surface area contributed by atoms with E-state index in [1.165, 1.54) is 47.4 Å². The molecule has 0 aromatic heterocycles. The molecule has 2 fully saturated rings. The zero-order valence-electron chi connectivity index (χ0n) is 15.8. The lowest BCUT2D eigenvalue weighted by atomic mass is 10.1. The Bertz CT molecular complexity index is 1150. The smallest absolute Gasteiger partial charge is 0.315 e. The van der Waals surface area contributed by atoms with E-state index < -0.39 is 44.6 Å². The second-order valence-corrected chi connectivity index (χ2v) is 10.6. The number of hydrogen-bond acceptors (Lipinski definition) is 4. The molecule has 0 N–H and O–H groups in total. The maximum Gasteiger partial charge on any atom is 0.418 e. The Morgan fingerprint density at radius 3 is 2.45 bits per heavy atom. The Balaban J connectivity index is 1.71. The maximum absolute atomic E-state index is 13.6. The average molecular weight is 472 g/mol. The number of thioether (sulfide) groups is 1. The van der Waals surface area contributed by atoms with Gasteiger partial charge in [-0.3, -0.25) is 4.79 Å². The molecule has 0 saturated carbocycles. The van der Waals surface area contributed by atoms with Crippen LogP contribution in [0.4, 0.5) is 23.2 Å². The van der Waals surface area contributed by atoms with Crippen molar-refractivity contribution in [3.63, 3.8) is 0 Å². The van der Waals surface area contributed by atoms with Crippen LogP contribution in [0.25, 0.3) is 0 Å². The Morgan fingerprint density at radius 1 is 1.10 bits per heavy atom. The molecule has 4 rings (SSSR count). The van der Waals surface area contributed by atoms with E-state index >= 15 is 0 Å². The normalized spacial score (nSPS) is 23.9. The highest BCUT2D eigenvalue weighted by Gasteiger charge is 2.51. The third-order valence-corrected chi connectivity index (χ3v) is 8.23. The highest BCUT2D eigenvalue weighted by atomic mass is 32.2. The van der Waals surface area contributed by atoms with Gasteiger partial charge in [-0.1, -0.05) is 36.0 Å². The van der Waals surface area contributed by atoms with Gasteiger partial charge in [0.2, 0.25) is 0 Å². The first-order valence-electron chi connectivity index (χ1n) is 9.22. The summed E-state index contributed by atoms with van der Waals surface area (Å²) in [5, 5.41) is -0.489. The largest absolute Gasteiger partial charge is 0.418 e. The second kappa shape index (κ2) is 7.94. The van der Waals surface area contributed by atoms with E-state index in [4.69, 9.17) is 0 Å². The summed E-state index contributed by atoms with van der Waals surface area (Å²) in [5.41, 5.74) is -0.663. The highest BCUT2D eigenvalue weighted by Crippen LogP contribution is 2.45. The third kappa shape index (κ3) is 4.62. The van der Waals surface area contributed by atoms with Gasteiger partial charge in [0, 0.05) is 5.25 Å². The van der Waals surface area contributed by atoms with Gasteiger partial charge in [-0.25, -0.2) is 12.8 Å². The predicted molar refractivity (Wildman–Crippen MR) is 110 cm³/mol. The van der Waals surface area contributed by atoms with Crippen LogP contribution < -0.4 is 4.90 Å². The van der Waals surface area contributed by atoms with Gasteiger partial charge in [0.15, 0.2) is 15.0 Å². The fraction of sp³-hybridized carbons (Fsp3) is 0.300. The van der Waals surface area contributed by atoms with Crippen molar-refractivity contribution in [2.24, 2.45) is 4.99 Å². The van der Waals surface area contributed by atoms with Crippen LogP contribution in [0.2, 0.25) is 0 Å². The Morgan fingerprint density at radius 2 is 1.77 bits per heavy atom. The minimum atomic E-state index is -4.67. The van der Waals surface area contributed by atoms with Crippen molar-refractivity contribution in [1.82, 2.24) is 0 Å². The lowest BCUT2D eigenvalue weighted by Gasteiger charge is -2.27. The number of carbonyl (C=O) groups is 1. The van der Waals surface area contributed by atoms with Crippen molar-refractivity contribution in [2.75, 3.05) is 16.4 Å². The van der Waals surface area contributed by atoms with Crippen molar-refractivity contribution in [3.05, 3.63) is 65.5 Å². The Hall–Kier alpha value is -2.40. The monoisotopic (exact) mass is 472 g/mol. The van der Waals surface area contributed by atoms with Crippen molar-refractivity contribution < 1.29 is 30.8 Å². The van der Waals surface area contributed by atoms with E-state index in [2.05, 4.69) is 4.99 Å². The van der Waals surface area contributed by atoms with Crippen molar-refractivity contribution in [2.45, 2.75) is 23.9 Å². The molecule has 2 aromatic carbocycles. The lowest BCUT2D eigenvalue weighted by Crippen LogP contribution is -2.39. The van der Waals surface area contributed by atoms with Crippen LogP contribution in [0.1, 0.15) is 11.1 Å². The van der Waals surface area contributed by atoms with E-state index in [1.807, 2.05) is 0 Å². The van der Waals surface area contributed by atoms with Gasteiger partial charge in [-0.15, -0.1) is 0 Å². The molecule has 0 bridgehead atoms. The zero-order chi connectivity index (χ0) is 22.4. The van der Waals surface area contributed by atoms with Crippen LogP contribution in [0.3, 0.4) is 0 Å². The van der Waals surface area contributed by atoms with Crippen LogP contribution in [-0.2, 0) is 27.2 Å². The fourth-order valence-electron chi connectivity index (χ4n) is 3.69. The number of rotatable bonds is 3. The fourth-order valence-corrected chi connectivity index (χ4v) is 7.62. The van der Waals surface area contributed by atoms with Crippen molar-refractivity contribution >= 4 is 38.4 Å². The molecule has 11 heteroatoms. The summed E-state index contributed by atoms with van der Waals surface area (Å²) in [6, 6.07) is 9.31. The number of anilines is 1. The highest BCUT2D eigenvalue weighted by molar-refractivity contribution is 8.16. The first-order chi connectivity index (χ1) is 14.5. The SMILES string of the molecule is O=C(Cc1ccc(F)cc1)N=C1SC2CS(=O)(=O)CC2N1c1ccccc1C(F)(F)F. The first-order valence-corrected chi connectivity index (χ1v) is 11.9. The number of amidine groups is 1. The molecule has 2 unspecified atom stereocenters. The number of sulfone groups is 1. The molecule has 0 spiro atoms. The number of benzene rings is 2. The molecule has 1 amide bonds. The number of amides is 1. The molecule has 2 aliphatic heterocycles. The molecule has 2 aliphatic rings. The van der Waals surface area contributed by atoms with E-state index in [0.29, 0.717) is 5.56 Å². The summed E-state index contributed by atoms with van der Waals surface area (Å²) < 4.78 is 78.1. The van der Waals surface area contributed by atoms with E-state index in [1.54, 1.807) is 0 Å². The quantitative estimate of drug-likeness (QED) is 0.638. The molecule has 0 aliphatic carbocycles. The summed E-state index contributed by atoms with van der Waals surface area (Å²) in [6.07, 6.45) is -4.83. The molecule has 2 atom stereocenters. The summed E-state index contributed by atoms with van der Waals surface area (Å²) in [4.78, 5) is 17.7. The summed E-state index contributed by atoms with van der Waals surface area (Å²) >= 11 is 0.996. The molecule has 164 valence electrons. The molecular weight excluding hydrogens is 456 g/mol. The molecule has 5 nitrogen and oxygen atoms in total. The number of aliphatic imine (C=N–C) groups is 1. The Labute approximate surface area is 180 Å². The van der Waals surface area contributed by atoms with Crippen LogP contribution in [0, 0.1) is 5.82 Å². The van der Waals surface area contributed by atoms with Gasteiger partial charge in [0.1, 0.15) is 5.82 Å². The number of halogens is 4. The molecule has 2 heterocycles. The van der Waals surface area contributed by atoms with Crippen LogP contribution in [0.15, 0.2) is 53.5 Å². The number of alkyl halides is 3. The lowest BCUT2D eigenvalue weighted by molar-refractivity contribution is -0.137. The summed E-state index contributed by atoms with van der Waals surface area (Å²) in [7, 11) is -3.42. The van der Waals surface area contributed by atoms with Crippen molar-refractivity contribution in [1.29, 1.82) is 0 Å². The first kappa shape index (κ1) is 21.8. The van der Waals surface area contributed by atoms with Gasteiger partial charge in [-0.05, 0) is 29.8 Å². The average Bonchev–Trinajstić information content (AvgIpc) is 3.13. The topological polar surface area (TPSA) is 66.8 Å². The van der Waals surface area contributed by atoms with E-state index in [0.717, 1.165) is 17.8 Å². The van der Waals surface area contributed by atoms with Gasteiger partial charge in [0.25, 0.3) is 5.91 Å². The molecular formula is C20H16F4N2O3S2. The summed E-state index contributed by atoms with van der Waals surface area (Å²) in [6.45, 7) is 0. The van der Waals surface area contributed by atoms with E-state index in [9.17, 15) is 30.8 Å². The van der Waals surface area contributed by atoms with Crippen molar-refractivity contribution in [3.8, 4) is 0 Å². The van der Waals surface area contributed by atoms with Gasteiger partial charge >= 0.3 is 6.18 Å². The summed E-state index contributed by atoms with van der Waals surface area (Å²) in [5.74, 6) is -1.59. The van der Waals surface area contributed by atoms with Crippen LogP contribution in [0.5, 0.6) is 0 Å². The minimum Gasteiger partial charge on any atom is -0.315 e. The number of hydrogen-bond donors (Lipinski definition) is 0. The number of carbonyl (C=O) groups excluding carboxylic acids is 1. The van der Waals surface area contributed by atoms with Gasteiger partial charge in [0.05, 0.1) is 35.2 Å². The standard InChI is InChI=1S/C20H16F4N2O3S2/c21-13-7-5-12(6-8-13)9-18(27)25-19-26(16-10-31(28,29)11-17(16)30-19)15-4-2-1-3-14(15)20(22,23)24/h1-8,16-17H,9-11H2. The van der Waals surface area contributed by atoms with E-state index in [-0.39, 0.29) is 28.8 Å². The molecule has 31 heavy (non-hydrogen) atoms. The van der Waals surface area contributed by atoms with Crippen LogP contribution in [-0.4, -0.2) is 42.3 Å². The second-order valence-electron chi connectivity index (χ2n) is 7.28. The van der Waals surface area contributed by atoms with Gasteiger partial charge < -0.3 is 4.90 Å². The molecule has 2 aromatic rings. The minimum absolute atomic E-state index is 0.0358. The number of nitrogens with zero attached hydrogens (tertiary/aromatic N) is 2. The third-order valence-electron chi connectivity index (χ3n) is 5.02. The number of para-hydroxylation sites is 1. The predicted octanol–water partition coefficient (Wildman–Crippen LogP) is 3.69. The molecule has 2 saturated heterocycles. The molecule has 0 radical (unpaired) electrons.